The van der Waals surface area contributed by atoms with Crippen LogP contribution >= 0.6 is 0 Å². The zero-order valence-corrected chi connectivity index (χ0v) is 15.7. The molecule has 6 heteroatoms. The number of aryl methyl sites for hydroxylation is 2. The predicted octanol–water partition coefficient (Wildman–Crippen LogP) is 4.49. The molecule has 2 N–H and O–H groups in total. The van der Waals surface area contributed by atoms with Crippen molar-refractivity contribution >= 4 is 17.6 Å². The Bertz CT molecular complexity index is 998. The Kier molecular flexibility index (Phi) is 5.02. The van der Waals surface area contributed by atoms with E-state index in [-0.39, 0.29) is 6.42 Å². The third-order valence-electron chi connectivity index (χ3n) is 4.75. The average molecular weight is 374 g/mol. The highest BCUT2D eigenvalue weighted by molar-refractivity contribution is 5.69. The number of aliphatic carboxylic acids is 1. The molecule has 1 aliphatic rings. The van der Waals surface area contributed by atoms with Crippen LogP contribution < -0.4 is 5.32 Å². The van der Waals surface area contributed by atoms with Crippen molar-refractivity contribution in [1.29, 1.82) is 0 Å². The van der Waals surface area contributed by atoms with Gasteiger partial charge in [-0.3, -0.25) is 9.78 Å². The van der Waals surface area contributed by atoms with Crippen molar-refractivity contribution in [3.63, 3.8) is 0 Å². The fourth-order valence-electron chi connectivity index (χ4n) is 3.17. The van der Waals surface area contributed by atoms with Gasteiger partial charge in [-0.05, 0) is 67.6 Å². The minimum absolute atomic E-state index is 0.111. The van der Waals surface area contributed by atoms with E-state index in [1.54, 1.807) is 12.4 Å². The SMILES string of the molecule is Cc1cc(Nc2nccc(C3CC3)n2)cc(-c2ccc(CCC(=O)O)cn2)c1. The molecule has 0 atom stereocenters. The third kappa shape index (κ3) is 4.52. The Hall–Kier alpha value is -3.28. The van der Waals surface area contributed by atoms with Gasteiger partial charge in [-0.1, -0.05) is 6.07 Å². The molecular weight excluding hydrogens is 352 g/mol. The zero-order chi connectivity index (χ0) is 19.5. The van der Waals surface area contributed by atoms with Crippen LogP contribution in [0.4, 0.5) is 11.6 Å². The van der Waals surface area contributed by atoms with E-state index in [9.17, 15) is 4.79 Å². The monoisotopic (exact) mass is 374 g/mol. The Balaban J connectivity index is 1.53. The number of hydrogen-bond donors (Lipinski definition) is 2. The Morgan fingerprint density at radius 3 is 2.75 bits per heavy atom. The van der Waals surface area contributed by atoms with Gasteiger partial charge in [0.1, 0.15) is 0 Å². The van der Waals surface area contributed by atoms with Crippen LogP contribution in [0.25, 0.3) is 11.3 Å². The number of rotatable bonds is 7. The molecule has 0 aliphatic heterocycles. The molecule has 0 saturated heterocycles. The molecule has 0 spiro atoms. The van der Waals surface area contributed by atoms with Gasteiger partial charge >= 0.3 is 5.97 Å². The highest BCUT2D eigenvalue weighted by Gasteiger charge is 2.25. The van der Waals surface area contributed by atoms with E-state index in [1.165, 1.54) is 12.8 Å². The van der Waals surface area contributed by atoms with E-state index in [0.717, 1.165) is 33.8 Å². The minimum atomic E-state index is -0.800. The van der Waals surface area contributed by atoms with Crippen molar-refractivity contribution in [3.8, 4) is 11.3 Å². The number of carbonyl (C=O) groups is 1. The number of carboxylic acids is 1. The zero-order valence-electron chi connectivity index (χ0n) is 15.7. The maximum absolute atomic E-state index is 10.7. The van der Waals surface area contributed by atoms with E-state index in [2.05, 4.69) is 32.4 Å². The van der Waals surface area contributed by atoms with Gasteiger partial charge < -0.3 is 10.4 Å². The summed E-state index contributed by atoms with van der Waals surface area (Å²) in [6, 6.07) is 12.0. The van der Waals surface area contributed by atoms with Crippen molar-refractivity contribution in [1.82, 2.24) is 15.0 Å². The molecule has 1 fully saturated rings. The number of nitrogens with zero attached hydrogens (tertiary/aromatic N) is 3. The normalized spacial score (nSPS) is 13.3. The van der Waals surface area contributed by atoms with Crippen LogP contribution in [0.15, 0.2) is 48.8 Å². The van der Waals surface area contributed by atoms with E-state index >= 15 is 0 Å². The first-order valence-electron chi connectivity index (χ1n) is 9.45. The maximum Gasteiger partial charge on any atom is 0.303 e. The molecule has 1 aromatic carbocycles. The second kappa shape index (κ2) is 7.76. The average Bonchev–Trinajstić information content (AvgIpc) is 3.52. The molecule has 2 heterocycles. The molecule has 3 aromatic rings. The van der Waals surface area contributed by atoms with Gasteiger partial charge in [0.05, 0.1) is 5.69 Å². The van der Waals surface area contributed by atoms with E-state index in [0.29, 0.717) is 18.3 Å². The largest absolute Gasteiger partial charge is 0.481 e. The van der Waals surface area contributed by atoms with Crippen LogP contribution in [0.2, 0.25) is 0 Å². The molecule has 0 amide bonds. The summed E-state index contributed by atoms with van der Waals surface area (Å²) in [7, 11) is 0. The molecular formula is C22H22N4O2. The number of benzene rings is 1. The molecule has 142 valence electrons. The van der Waals surface area contributed by atoms with Gasteiger partial charge in [0.2, 0.25) is 5.95 Å². The van der Waals surface area contributed by atoms with Gasteiger partial charge in [-0.25, -0.2) is 9.97 Å². The first-order chi connectivity index (χ1) is 13.6. The summed E-state index contributed by atoms with van der Waals surface area (Å²) in [6.45, 7) is 2.04. The molecule has 6 nitrogen and oxygen atoms in total. The number of carboxylic acid groups (broad SMARTS) is 1. The third-order valence-corrected chi connectivity index (χ3v) is 4.75. The smallest absolute Gasteiger partial charge is 0.303 e. The van der Waals surface area contributed by atoms with E-state index in [4.69, 9.17) is 5.11 Å². The quantitative estimate of drug-likeness (QED) is 0.634. The predicted molar refractivity (Wildman–Crippen MR) is 108 cm³/mol. The van der Waals surface area contributed by atoms with E-state index < -0.39 is 5.97 Å². The summed E-state index contributed by atoms with van der Waals surface area (Å²) in [5.74, 6) is 0.393. The Morgan fingerprint density at radius 2 is 2.04 bits per heavy atom. The Morgan fingerprint density at radius 1 is 1.18 bits per heavy atom. The van der Waals surface area contributed by atoms with Crippen molar-refractivity contribution < 1.29 is 9.90 Å². The van der Waals surface area contributed by atoms with Gasteiger partial charge in [0.15, 0.2) is 0 Å². The number of aromatic nitrogens is 3. The van der Waals surface area contributed by atoms with E-state index in [1.807, 2.05) is 31.2 Å². The summed E-state index contributed by atoms with van der Waals surface area (Å²) < 4.78 is 0. The lowest BCUT2D eigenvalue weighted by atomic mass is 10.1. The molecule has 1 saturated carbocycles. The fourth-order valence-corrected chi connectivity index (χ4v) is 3.17. The minimum Gasteiger partial charge on any atom is -0.481 e. The van der Waals surface area contributed by atoms with Crippen molar-refractivity contribution in [3.05, 3.63) is 65.6 Å². The van der Waals surface area contributed by atoms with Crippen LogP contribution in [0.1, 0.15) is 42.0 Å². The number of pyridine rings is 1. The highest BCUT2D eigenvalue weighted by atomic mass is 16.4. The number of anilines is 2. The summed E-state index contributed by atoms with van der Waals surface area (Å²) in [6.07, 6.45) is 6.56. The lowest BCUT2D eigenvalue weighted by Crippen LogP contribution is -2.00. The van der Waals surface area contributed by atoms with Gasteiger partial charge in [0, 0.05) is 41.7 Å². The second-order valence-corrected chi connectivity index (χ2v) is 7.24. The Labute approximate surface area is 163 Å². The van der Waals surface area contributed by atoms with Crippen LogP contribution in [0.3, 0.4) is 0 Å². The van der Waals surface area contributed by atoms with Crippen LogP contribution in [0.5, 0.6) is 0 Å². The summed E-state index contributed by atoms with van der Waals surface area (Å²) in [5.41, 5.74) is 5.88. The first kappa shape index (κ1) is 18.1. The fraction of sp³-hybridized carbons (Fsp3) is 0.273. The molecule has 28 heavy (non-hydrogen) atoms. The van der Waals surface area contributed by atoms with Crippen molar-refractivity contribution in [2.75, 3.05) is 5.32 Å². The van der Waals surface area contributed by atoms with Crippen LogP contribution in [-0.2, 0) is 11.2 Å². The molecule has 0 unspecified atom stereocenters. The number of hydrogen-bond acceptors (Lipinski definition) is 5. The molecule has 1 aliphatic carbocycles. The van der Waals surface area contributed by atoms with Crippen molar-refractivity contribution in [2.24, 2.45) is 0 Å². The topological polar surface area (TPSA) is 88.0 Å². The summed E-state index contributed by atoms with van der Waals surface area (Å²) in [5, 5.41) is 12.1. The molecule has 0 radical (unpaired) electrons. The first-order valence-corrected chi connectivity index (χ1v) is 9.45. The summed E-state index contributed by atoms with van der Waals surface area (Å²) >= 11 is 0. The van der Waals surface area contributed by atoms with Crippen LogP contribution in [0, 0.1) is 6.92 Å². The van der Waals surface area contributed by atoms with Crippen molar-refractivity contribution in [2.45, 2.75) is 38.5 Å². The van der Waals surface area contributed by atoms with Gasteiger partial charge in [0.25, 0.3) is 0 Å². The molecule has 0 bridgehead atoms. The highest BCUT2D eigenvalue weighted by Crippen LogP contribution is 2.39. The summed E-state index contributed by atoms with van der Waals surface area (Å²) in [4.78, 5) is 24.2. The van der Waals surface area contributed by atoms with Crippen LogP contribution in [-0.4, -0.2) is 26.0 Å². The lowest BCUT2D eigenvalue weighted by molar-refractivity contribution is -0.136. The molecule has 2 aromatic heterocycles. The molecule has 4 rings (SSSR count). The standard InChI is InChI=1S/C22H22N4O2/c1-14-10-17(19-6-2-15(13-24-19)3-7-21(27)28)12-18(11-14)25-22-23-9-8-20(26-22)16-4-5-16/h2,6,8-13,16H,3-5,7H2,1H3,(H,27,28)(H,23,25,26). The second-order valence-electron chi connectivity index (χ2n) is 7.24. The lowest BCUT2D eigenvalue weighted by Gasteiger charge is -2.10. The maximum atomic E-state index is 10.7. The van der Waals surface area contributed by atoms with Gasteiger partial charge in [-0.15, -0.1) is 0 Å². The number of nitrogens with one attached hydrogen (secondary N) is 1. The van der Waals surface area contributed by atoms with Gasteiger partial charge in [-0.2, -0.15) is 0 Å².